The predicted octanol–water partition coefficient (Wildman–Crippen LogP) is 1.41. The normalized spacial score (nSPS) is 15.3. The molecule has 1 unspecified atom stereocenters. The molecule has 7 nitrogen and oxygen atoms in total. The van der Waals surface area contributed by atoms with Gasteiger partial charge in [0, 0.05) is 6.04 Å². The van der Waals surface area contributed by atoms with E-state index in [2.05, 4.69) is 4.98 Å². The molecule has 0 spiro atoms. The van der Waals surface area contributed by atoms with Crippen molar-refractivity contribution in [3.8, 4) is 0 Å². The molecule has 0 radical (unpaired) electrons. The van der Waals surface area contributed by atoms with Crippen molar-refractivity contribution in [2.75, 3.05) is 0 Å². The van der Waals surface area contributed by atoms with Crippen LogP contribution in [0.15, 0.2) is 34.2 Å². The van der Waals surface area contributed by atoms with Crippen molar-refractivity contribution in [1.29, 1.82) is 0 Å². The van der Waals surface area contributed by atoms with Crippen molar-refractivity contribution in [2.45, 2.75) is 36.2 Å². The maximum absolute atomic E-state index is 12.7. The number of imide groups is 1. The molecule has 0 saturated heterocycles. The van der Waals surface area contributed by atoms with Gasteiger partial charge in [-0.2, -0.15) is 0 Å². The van der Waals surface area contributed by atoms with E-state index in [9.17, 15) is 14.4 Å². The molecule has 3 amide bonds. The Morgan fingerprint density at radius 2 is 2.09 bits per heavy atom. The standard InChI is InChI=1S/C15H16N4O3S/c1-8(12(20)18-14(16)22)23-15-17-11-5-3-2-4-10(11)13(21)19(15)9-6-7-9/h2-5,8-9H,6-7H2,1H3,(H3,16,18,20,22). The van der Waals surface area contributed by atoms with Gasteiger partial charge in [0.15, 0.2) is 5.16 Å². The van der Waals surface area contributed by atoms with Crippen molar-refractivity contribution in [2.24, 2.45) is 5.73 Å². The van der Waals surface area contributed by atoms with Crippen LogP contribution in [-0.2, 0) is 4.79 Å². The Hall–Kier alpha value is -2.35. The zero-order valence-electron chi connectivity index (χ0n) is 12.5. The average Bonchev–Trinajstić information content (AvgIpc) is 3.31. The van der Waals surface area contributed by atoms with E-state index >= 15 is 0 Å². The van der Waals surface area contributed by atoms with Crippen LogP contribution < -0.4 is 16.6 Å². The number of para-hydroxylation sites is 1. The summed E-state index contributed by atoms with van der Waals surface area (Å²) in [5.41, 5.74) is 5.46. The Morgan fingerprint density at radius 3 is 2.74 bits per heavy atom. The minimum atomic E-state index is -0.895. The Balaban J connectivity index is 1.99. The van der Waals surface area contributed by atoms with Gasteiger partial charge in [-0.15, -0.1) is 0 Å². The molecular weight excluding hydrogens is 316 g/mol. The number of urea groups is 1. The fourth-order valence-corrected chi connectivity index (χ4v) is 3.28. The van der Waals surface area contributed by atoms with Gasteiger partial charge in [0.25, 0.3) is 5.56 Å². The number of carbonyl (C=O) groups excluding carboxylic acids is 2. The third kappa shape index (κ3) is 3.21. The Labute approximate surface area is 136 Å². The molecule has 3 N–H and O–H groups in total. The first kappa shape index (κ1) is 15.5. The number of rotatable bonds is 4. The summed E-state index contributed by atoms with van der Waals surface area (Å²) < 4.78 is 1.65. The van der Waals surface area contributed by atoms with Crippen LogP contribution in [0.3, 0.4) is 0 Å². The molecule has 1 atom stereocenters. The van der Waals surface area contributed by atoms with E-state index in [1.54, 1.807) is 29.7 Å². The van der Waals surface area contributed by atoms with Gasteiger partial charge in [-0.3, -0.25) is 19.5 Å². The number of carbonyl (C=O) groups is 2. The number of fused-ring (bicyclic) bond motifs is 1. The number of hydrogen-bond acceptors (Lipinski definition) is 5. The molecule has 1 saturated carbocycles. The highest BCUT2D eigenvalue weighted by atomic mass is 32.2. The summed E-state index contributed by atoms with van der Waals surface area (Å²) in [6.45, 7) is 1.64. The summed E-state index contributed by atoms with van der Waals surface area (Å²) in [5, 5.41) is 2.50. The lowest BCUT2D eigenvalue weighted by Crippen LogP contribution is -2.39. The predicted molar refractivity (Wildman–Crippen MR) is 87.3 cm³/mol. The largest absolute Gasteiger partial charge is 0.351 e. The van der Waals surface area contributed by atoms with Gasteiger partial charge in [0.1, 0.15) is 0 Å². The number of nitrogens with one attached hydrogen (secondary N) is 1. The molecule has 3 rings (SSSR count). The molecule has 0 bridgehead atoms. The number of benzene rings is 1. The number of amides is 3. The first-order valence-electron chi connectivity index (χ1n) is 7.25. The van der Waals surface area contributed by atoms with Gasteiger partial charge in [-0.05, 0) is 31.9 Å². The van der Waals surface area contributed by atoms with Gasteiger partial charge >= 0.3 is 6.03 Å². The van der Waals surface area contributed by atoms with Crippen LogP contribution in [0, 0.1) is 0 Å². The summed E-state index contributed by atoms with van der Waals surface area (Å²) in [6, 6.07) is 6.38. The summed E-state index contributed by atoms with van der Waals surface area (Å²) in [7, 11) is 0. The van der Waals surface area contributed by atoms with E-state index in [0.717, 1.165) is 24.6 Å². The van der Waals surface area contributed by atoms with Crippen LogP contribution in [0.2, 0.25) is 0 Å². The Bertz CT molecular complexity index is 844. The molecule has 23 heavy (non-hydrogen) atoms. The van der Waals surface area contributed by atoms with Crippen LogP contribution in [0.25, 0.3) is 10.9 Å². The van der Waals surface area contributed by atoms with Crippen molar-refractivity contribution in [3.05, 3.63) is 34.6 Å². The number of hydrogen-bond donors (Lipinski definition) is 2. The third-order valence-corrected chi connectivity index (χ3v) is 4.65. The van der Waals surface area contributed by atoms with Crippen LogP contribution in [0.1, 0.15) is 25.8 Å². The fraction of sp³-hybridized carbons (Fsp3) is 0.333. The summed E-state index contributed by atoms with van der Waals surface area (Å²) in [5.74, 6) is -0.507. The second-order valence-corrected chi connectivity index (χ2v) is 6.74. The van der Waals surface area contributed by atoms with E-state index < -0.39 is 17.2 Å². The maximum atomic E-state index is 12.7. The van der Waals surface area contributed by atoms with E-state index in [-0.39, 0.29) is 11.6 Å². The molecule has 1 aromatic heterocycles. The maximum Gasteiger partial charge on any atom is 0.318 e. The molecule has 0 aliphatic heterocycles. The van der Waals surface area contributed by atoms with Gasteiger partial charge in [0.05, 0.1) is 16.2 Å². The minimum absolute atomic E-state index is 0.0943. The van der Waals surface area contributed by atoms with Gasteiger partial charge < -0.3 is 5.73 Å². The smallest absolute Gasteiger partial charge is 0.318 e. The van der Waals surface area contributed by atoms with Crippen LogP contribution in [0.5, 0.6) is 0 Å². The number of nitrogens with zero attached hydrogens (tertiary/aromatic N) is 2. The Kier molecular flexibility index (Phi) is 4.08. The third-order valence-electron chi connectivity index (χ3n) is 3.59. The first-order valence-corrected chi connectivity index (χ1v) is 8.13. The van der Waals surface area contributed by atoms with Crippen LogP contribution in [-0.4, -0.2) is 26.7 Å². The molecule has 1 fully saturated rings. The first-order chi connectivity index (χ1) is 11.0. The van der Waals surface area contributed by atoms with E-state index in [1.807, 2.05) is 11.4 Å². The minimum Gasteiger partial charge on any atom is -0.351 e. The summed E-state index contributed by atoms with van der Waals surface area (Å²) in [4.78, 5) is 39.9. The number of nitrogens with two attached hydrogens (primary N) is 1. The monoisotopic (exact) mass is 332 g/mol. The zero-order chi connectivity index (χ0) is 16.6. The lowest BCUT2D eigenvalue weighted by molar-refractivity contribution is -0.119. The summed E-state index contributed by atoms with van der Waals surface area (Å²) in [6.07, 6.45) is 1.85. The SMILES string of the molecule is CC(Sc1nc2ccccc2c(=O)n1C1CC1)C(=O)NC(N)=O. The molecule has 1 aromatic carbocycles. The lowest BCUT2D eigenvalue weighted by Gasteiger charge is -2.15. The lowest BCUT2D eigenvalue weighted by atomic mass is 10.2. The van der Waals surface area contributed by atoms with Crippen LogP contribution in [0.4, 0.5) is 4.79 Å². The number of aromatic nitrogens is 2. The average molecular weight is 332 g/mol. The molecule has 1 heterocycles. The van der Waals surface area contributed by atoms with E-state index in [4.69, 9.17) is 5.73 Å². The second kappa shape index (κ2) is 6.04. The summed E-state index contributed by atoms with van der Waals surface area (Å²) >= 11 is 1.15. The molecule has 120 valence electrons. The zero-order valence-corrected chi connectivity index (χ0v) is 13.3. The van der Waals surface area contributed by atoms with Crippen molar-refractivity contribution >= 4 is 34.6 Å². The van der Waals surface area contributed by atoms with Gasteiger partial charge in [-0.1, -0.05) is 23.9 Å². The molecule has 2 aromatic rings. The highest BCUT2D eigenvalue weighted by Gasteiger charge is 2.30. The Morgan fingerprint density at radius 1 is 1.39 bits per heavy atom. The highest BCUT2D eigenvalue weighted by Crippen LogP contribution is 2.37. The van der Waals surface area contributed by atoms with Gasteiger partial charge in [-0.25, -0.2) is 9.78 Å². The number of primary amides is 1. The van der Waals surface area contributed by atoms with Crippen molar-refractivity contribution < 1.29 is 9.59 Å². The second-order valence-electron chi connectivity index (χ2n) is 5.43. The fourth-order valence-electron chi connectivity index (χ4n) is 2.30. The van der Waals surface area contributed by atoms with Crippen molar-refractivity contribution in [3.63, 3.8) is 0 Å². The topological polar surface area (TPSA) is 107 Å². The molecular formula is C15H16N4O3S. The highest BCUT2D eigenvalue weighted by molar-refractivity contribution is 8.00. The number of thioether (sulfide) groups is 1. The van der Waals surface area contributed by atoms with Crippen molar-refractivity contribution in [1.82, 2.24) is 14.9 Å². The van der Waals surface area contributed by atoms with Gasteiger partial charge in [0.2, 0.25) is 5.91 Å². The van der Waals surface area contributed by atoms with Crippen LogP contribution >= 0.6 is 11.8 Å². The van der Waals surface area contributed by atoms with E-state index in [0.29, 0.717) is 16.1 Å². The molecule has 1 aliphatic rings. The molecule has 1 aliphatic carbocycles. The van der Waals surface area contributed by atoms with E-state index in [1.165, 1.54) is 0 Å². The molecule has 8 heteroatoms. The quantitative estimate of drug-likeness (QED) is 0.650.